The fraction of sp³-hybridized carbons (Fsp3) is 0.552. The molecule has 1 aromatic rings. The van der Waals surface area contributed by atoms with Crippen LogP contribution in [0.4, 0.5) is 0 Å². The second-order valence-corrected chi connectivity index (χ2v) is 11.3. The summed E-state index contributed by atoms with van der Waals surface area (Å²) in [6.45, 7) is 7.31. The fourth-order valence-corrected chi connectivity index (χ4v) is 4.17. The number of carbonyl (C=O) groups excluding carboxylic acids is 7. The standard InChI is InChI=1S/C29H45N7O9/c1-14(2)26(42)25(16(5)37)36-29(45)21(12-23(31)40)34-24(41)13-32-27(43)20(11-22(30)39)35-28(44)19(33-15(3)4)10-17-6-8-18(38)9-7-17/h6-9,14-16,19-21,25,33,37-38H,10-13H2,1-5H3,(H2,30,39)(H2,31,40)(H,32,43)(H,34,41)(H,35,44)(H,36,45)/t16?,19-,20+,21+,25?/m1/s1. The Bertz CT molecular complexity index is 1220. The zero-order valence-electron chi connectivity index (χ0n) is 26.1. The molecule has 16 nitrogen and oxygen atoms in total. The number of ketones is 1. The first-order valence-corrected chi connectivity index (χ1v) is 14.4. The van der Waals surface area contributed by atoms with Crippen LogP contribution in [-0.2, 0) is 40.0 Å². The molecule has 0 spiro atoms. The van der Waals surface area contributed by atoms with Gasteiger partial charge in [0, 0.05) is 12.0 Å². The number of hydrogen-bond donors (Lipinski definition) is 9. The van der Waals surface area contributed by atoms with Gasteiger partial charge in [0.25, 0.3) is 0 Å². The molecule has 0 aliphatic carbocycles. The van der Waals surface area contributed by atoms with Crippen molar-refractivity contribution in [1.29, 1.82) is 0 Å². The van der Waals surface area contributed by atoms with Crippen molar-refractivity contribution in [3.05, 3.63) is 29.8 Å². The smallest absolute Gasteiger partial charge is 0.243 e. The third-order valence-corrected chi connectivity index (χ3v) is 6.40. The van der Waals surface area contributed by atoms with Crippen molar-refractivity contribution in [2.75, 3.05) is 6.54 Å². The van der Waals surface area contributed by atoms with Crippen LogP contribution in [0.3, 0.4) is 0 Å². The normalized spacial score (nSPS) is 14.4. The first-order chi connectivity index (χ1) is 20.9. The SMILES string of the molecule is CC(C)N[C@H](Cc1ccc(O)cc1)C(=O)N[C@@H](CC(N)=O)C(=O)NCC(=O)N[C@@H](CC(N)=O)C(=O)NC(C(=O)C(C)C)C(C)O. The van der Waals surface area contributed by atoms with E-state index in [4.69, 9.17) is 11.5 Å². The summed E-state index contributed by atoms with van der Waals surface area (Å²) in [7, 11) is 0. The van der Waals surface area contributed by atoms with Gasteiger partial charge < -0.3 is 48.3 Å². The average Bonchev–Trinajstić information content (AvgIpc) is 2.93. The molecule has 0 radical (unpaired) electrons. The van der Waals surface area contributed by atoms with E-state index in [2.05, 4.69) is 26.6 Å². The van der Waals surface area contributed by atoms with Crippen LogP contribution < -0.4 is 38.1 Å². The number of phenolic OH excluding ortho intramolecular Hbond substituents is 1. The molecule has 1 rings (SSSR count). The van der Waals surface area contributed by atoms with Crippen LogP contribution in [-0.4, -0.2) is 94.3 Å². The zero-order valence-corrected chi connectivity index (χ0v) is 26.1. The highest BCUT2D eigenvalue weighted by Crippen LogP contribution is 2.12. The van der Waals surface area contributed by atoms with Gasteiger partial charge in [-0.05, 0) is 31.0 Å². The molecule has 0 saturated heterocycles. The molecule has 250 valence electrons. The summed E-state index contributed by atoms with van der Waals surface area (Å²) >= 11 is 0. The summed E-state index contributed by atoms with van der Waals surface area (Å²) in [5, 5.41) is 31.9. The van der Waals surface area contributed by atoms with Gasteiger partial charge in [0.2, 0.25) is 35.4 Å². The number of nitrogens with two attached hydrogens (primary N) is 2. The minimum absolute atomic E-state index is 0.0468. The van der Waals surface area contributed by atoms with E-state index >= 15 is 0 Å². The maximum absolute atomic E-state index is 13.2. The number of primary amides is 2. The molecule has 16 heteroatoms. The molecule has 0 saturated carbocycles. The maximum atomic E-state index is 13.2. The van der Waals surface area contributed by atoms with Gasteiger partial charge in [-0.1, -0.05) is 39.8 Å². The van der Waals surface area contributed by atoms with Crippen molar-refractivity contribution in [2.24, 2.45) is 17.4 Å². The quantitative estimate of drug-likeness (QED) is 0.0755. The second-order valence-electron chi connectivity index (χ2n) is 11.3. The van der Waals surface area contributed by atoms with Crippen molar-refractivity contribution in [3.8, 4) is 5.75 Å². The van der Waals surface area contributed by atoms with Crippen molar-refractivity contribution >= 4 is 41.2 Å². The molecule has 5 atom stereocenters. The van der Waals surface area contributed by atoms with E-state index in [-0.39, 0.29) is 18.2 Å². The Balaban J connectivity index is 2.97. The second kappa shape index (κ2) is 18.3. The first kappa shape index (κ1) is 38.5. The lowest BCUT2D eigenvalue weighted by Gasteiger charge is -2.25. The number of phenols is 1. The monoisotopic (exact) mass is 635 g/mol. The summed E-state index contributed by atoms with van der Waals surface area (Å²) in [6, 6.07) is 0.868. The van der Waals surface area contributed by atoms with Gasteiger partial charge in [-0.15, -0.1) is 0 Å². The number of amides is 6. The summed E-state index contributed by atoms with van der Waals surface area (Å²) in [5.74, 6) is -6.31. The molecule has 0 aliphatic heterocycles. The largest absolute Gasteiger partial charge is 0.508 e. The molecule has 0 bridgehead atoms. The minimum atomic E-state index is -1.54. The lowest BCUT2D eigenvalue weighted by atomic mass is 9.97. The van der Waals surface area contributed by atoms with Crippen molar-refractivity contribution < 1.29 is 43.8 Å². The van der Waals surface area contributed by atoms with Crippen LogP contribution >= 0.6 is 0 Å². The summed E-state index contributed by atoms with van der Waals surface area (Å²) in [4.78, 5) is 87.3. The predicted octanol–water partition coefficient (Wildman–Crippen LogP) is -2.77. The predicted molar refractivity (Wildman–Crippen MR) is 162 cm³/mol. The molecule has 0 aromatic heterocycles. The number of aliphatic hydroxyl groups excluding tert-OH is 1. The van der Waals surface area contributed by atoms with Gasteiger partial charge in [-0.2, -0.15) is 0 Å². The number of hydrogen-bond acceptors (Lipinski definition) is 10. The number of Topliss-reactive ketones (excluding diaryl/α,β-unsaturated/α-hetero) is 1. The molecule has 0 heterocycles. The molecule has 1 aromatic carbocycles. The number of aromatic hydroxyl groups is 1. The van der Waals surface area contributed by atoms with E-state index < -0.39 is 96.8 Å². The topological polar surface area (TPSA) is 272 Å². The third kappa shape index (κ3) is 14.2. The molecular weight excluding hydrogens is 590 g/mol. The van der Waals surface area contributed by atoms with Gasteiger partial charge in [0.05, 0.1) is 31.5 Å². The van der Waals surface area contributed by atoms with Crippen molar-refractivity contribution in [1.82, 2.24) is 26.6 Å². The lowest BCUT2D eigenvalue weighted by Crippen LogP contribution is -2.58. The molecule has 0 aliphatic rings. The summed E-state index contributed by atoms with van der Waals surface area (Å²) in [5.41, 5.74) is 11.2. The van der Waals surface area contributed by atoms with Crippen LogP contribution in [0.5, 0.6) is 5.75 Å². The number of aliphatic hydroxyl groups is 1. The van der Waals surface area contributed by atoms with E-state index in [1.807, 2.05) is 13.8 Å². The third-order valence-electron chi connectivity index (χ3n) is 6.40. The van der Waals surface area contributed by atoms with Crippen LogP contribution in [0.2, 0.25) is 0 Å². The molecule has 11 N–H and O–H groups in total. The Morgan fingerprint density at radius 1 is 0.733 bits per heavy atom. The first-order valence-electron chi connectivity index (χ1n) is 14.4. The van der Waals surface area contributed by atoms with Gasteiger partial charge in [0.1, 0.15) is 23.9 Å². The Kier molecular flexibility index (Phi) is 15.6. The van der Waals surface area contributed by atoms with E-state index in [1.54, 1.807) is 26.0 Å². The highest BCUT2D eigenvalue weighted by atomic mass is 16.3. The average molecular weight is 636 g/mol. The number of nitrogens with one attached hydrogen (secondary N) is 5. The van der Waals surface area contributed by atoms with Crippen molar-refractivity contribution in [3.63, 3.8) is 0 Å². The minimum Gasteiger partial charge on any atom is -0.508 e. The Hall–Kier alpha value is -4.57. The maximum Gasteiger partial charge on any atom is 0.243 e. The number of benzene rings is 1. The lowest BCUT2D eigenvalue weighted by molar-refractivity contribution is -0.135. The van der Waals surface area contributed by atoms with E-state index in [1.165, 1.54) is 19.1 Å². The molecule has 45 heavy (non-hydrogen) atoms. The van der Waals surface area contributed by atoms with E-state index in [9.17, 15) is 43.8 Å². The fourth-order valence-electron chi connectivity index (χ4n) is 4.17. The van der Waals surface area contributed by atoms with Crippen LogP contribution in [0, 0.1) is 5.92 Å². The van der Waals surface area contributed by atoms with E-state index in [0.717, 1.165) is 0 Å². The van der Waals surface area contributed by atoms with Crippen LogP contribution in [0.25, 0.3) is 0 Å². The van der Waals surface area contributed by atoms with Gasteiger partial charge in [-0.3, -0.25) is 33.6 Å². The number of carbonyl (C=O) groups is 7. The number of rotatable bonds is 19. The highest BCUT2D eigenvalue weighted by molar-refractivity contribution is 5.97. The Labute approximate surface area is 261 Å². The summed E-state index contributed by atoms with van der Waals surface area (Å²) in [6.07, 6.45) is -2.34. The molecule has 6 amide bonds. The van der Waals surface area contributed by atoms with Crippen LogP contribution in [0.1, 0.15) is 53.0 Å². The van der Waals surface area contributed by atoms with E-state index in [0.29, 0.717) is 5.56 Å². The zero-order chi connectivity index (χ0) is 34.4. The van der Waals surface area contributed by atoms with Crippen molar-refractivity contribution in [2.45, 2.75) is 90.2 Å². The highest BCUT2D eigenvalue weighted by Gasteiger charge is 2.32. The summed E-state index contributed by atoms with van der Waals surface area (Å²) < 4.78 is 0. The van der Waals surface area contributed by atoms with Gasteiger partial charge in [0.15, 0.2) is 5.78 Å². The van der Waals surface area contributed by atoms with Crippen LogP contribution in [0.15, 0.2) is 24.3 Å². The Morgan fingerprint density at radius 3 is 1.71 bits per heavy atom. The van der Waals surface area contributed by atoms with Gasteiger partial charge in [-0.25, -0.2) is 0 Å². The van der Waals surface area contributed by atoms with Gasteiger partial charge >= 0.3 is 0 Å². The molecule has 0 fully saturated rings. The molecule has 2 unspecified atom stereocenters. The molecular formula is C29H45N7O9. The Morgan fingerprint density at radius 2 is 1.24 bits per heavy atom.